The van der Waals surface area contributed by atoms with Gasteiger partial charge in [-0.05, 0) is 31.5 Å². The summed E-state index contributed by atoms with van der Waals surface area (Å²) >= 11 is 7.34. The van der Waals surface area contributed by atoms with Gasteiger partial charge in [-0.2, -0.15) is 4.37 Å². The number of nitrogens with one attached hydrogen (secondary N) is 1. The average Bonchev–Trinajstić information content (AvgIpc) is 3.18. The predicted octanol–water partition coefficient (Wildman–Crippen LogP) is 2.84. The van der Waals surface area contributed by atoms with Crippen LogP contribution in [-0.4, -0.2) is 72.1 Å². The molecule has 1 N–H and O–H groups in total. The Bertz CT molecular complexity index is 793. The molecule has 1 aliphatic heterocycles. The second-order valence-corrected chi connectivity index (χ2v) is 8.80. The van der Waals surface area contributed by atoms with Gasteiger partial charge in [-0.3, -0.25) is 9.69 Å². The normalized spacial score (nSPS) is 14.8. The van der Waals surface area contributed by atoms with Gasteiger partial charge >= 0.3 is 0 Å². The number of halogens is 1. The first-order valence-electron chi connectivity index (χ1n) is 10.4. The van der Waals surface area contributed by atoms with E-state index in [2.05, 4.69) is 33.3 Å². The molecule has 1 aromatic carbocycles. The Hall–Kier alpha value is -1.74. The molecule has 3 rings (SSSR count). The minimum atomic E-state index is 0.0693. The van der Waals surface area contributed by atoms with Crippen LogP contribution in [0.5, 0.6) is 0 Å². The number of nitrogens with zero attached hydrogens (tertiary/aromatic N) is 4. The molecular weight excluding hydrogens is 422 g/mol. The Morgan fingerprint density at radius 1 is 1.30 bits per heavy atom. The maximum atomic E-state index is 12.3. The number of morpholine rings is 1. The Morgan fingerprint density at radius 2 is 2.03 bits per heavy atom. The van der Waals surface area contributed by atoms with Crippen molar-refractivity contribution in [3.05, 3.63) is 40.7 Å². The molecule has 2 aromatic rings. The molecule has 0 aliphatic carbocycles. The molecule has 1 aliphatic rings. The van der Waals surface area contributed by atoms with Crippen molar-refractivity contribution in [2.45, 2.75) is 32.7 Å². The van der Waals surface area contributed by atoms with Gasteiger partial charge in [0.15, 0.2) is 0 Å². The van der Waals surface area contributed by atoms with E-state index in [9.17, 15) is 4.79 Å². The quantitative estimate of drug-likeness (QED) is 0.599. The van der Waals surface area contributed by atoms with Gasteiger partial charge in [0.05, 0.1) is 13.2 Å². The molecule has 1 aromatic heterocycles. The van der Waals surface area contributed by atoms with Crippen LogP contribution >= 0.6 is 23.1 Å². The first kappa shape index (κ1) is 22.9. The number of anilines is 1. The van der Waals surface area contributed by atoms with Crippen LogP contribution in [0.25, 0.3) is 0 Å². The molecule has 0 saturated carbocycles. The summed E-state index contributed by atoms with van der Waals surface area (Å²) in [6, 6.07) is 7.97. The van der Waals surface area contributed by atoms with Crippen molar-refractivity contribution in [1.82, 2.24) is 19.6 Å². The smallest absolute Gasteiger partial charge is 0.221 e. The summed E-state index contributed by atoms with van der Waals surface area (Å²) in [5.41, 5.74) is 1.12. The van der Waals surface area contributed by atoms with E-state index in [1.54, 1.807) is 0 Å². The highest BCUT2D eigenvalue weighted by molar-refractivity contribution is 7.09. The number of aromatic nitrogens is 2. The molecule has 2 heterocycles. The lowest BCUT2D eigenvalue weighted by molar-refractivity contribution is -0.121. The van der Waals surface area contributed by atoms with E-state index < -0.39 is 0 Å². The number of hydrogen-bond donors (Lipinski definition) is 1. The maximum Gasteiger partial charge on any atom is 0.221 e. The number of rotatable bonds is 10. The summed E-state index contributed by atoms with van der Waals surface area (Å²) in [6.45, 7) is 9.80. The molecule has 0 unspecified atom stereocenters. The van der Waals surface area contributed by atoms with E-state index >= 15 is 0 Å². The van der Waals surface area contributed by atoms with Crippen molar-refractivity contribution in [3.63, 3.8) is 0 Å². The van der Waals surface area contributed by atoms with Crippen LogP contribution in [-0.2, 0) is 16.0 Å². The highest BCUT2D eigenvalue weighted by Gasteiger charge is 2.17. The lowest BCUT2D eigenvalue weighted by Gasteiger charge is -2.27. The second-order valence-electron chi connectivity index (χ2n) is 7.64. The summed E-state index contributed by atoms with van der Waals surface area (Å²) in [5, 5.41) is 4.61. The van der Waals surface area contributed by atoms with Crippen molar-refractivity contribution in [2.24, 2.45) is 0 Å². The maximum absolute atomic E-state index is 12.3. The van der Waals surface area contributed by atoms with Gasteiger partial charge in [0.25, 0.3) is 0 Å². The highest BCUT2D eigenvalue weighted by atomic mass is 35.5. The largest absolute Gasteiger partial charge is 0.379 e. The predicted molar refractivity (Wildman–Crippen MR) is 122 cm³/mol. The third-order valence-electron chi connectivity index (χ3n) is 5.04. The molecule has 0 bridgehead atoms. The van der Waals surface area contributed by atoms with Crippen LogP contribution in [0.4, 0.5) is 5.13 Å². The van der Waals surface area contributed by atoms with Crippen molar-refractivity contribution in [2.75, 3.05) is 50.8 Å². The fraction of sp³-hybridized carbons (Fsp3) is 0.571. The standard InChI is InChI=1S/C21H30ClN5O2S/c1-16(2)27(9-7-20(28)23-8-10-26-11-13-29-14-12-26)21-24-19(25-30-21)15-17-3-5-18(22)6-4-17/h3-6,16H,7-15H2,1-2H3,(H,23,28). The molecule has 7 nitrogen and oxygen atoms in total. The van der Waals surface area contributed by atoms with E-state index in [0.29, 0.717) is 25.9 Å². The van der Waals surface area contributed by atoms with Crippen LogP contribution < -0.4 is 10.2 Å². The molecule has 30 heavy (non-hydrogen) atoms. The van der Waals surface area contributed by atoms with Crippen molar-refractivity contribution in [1.29, 1.82) is 0 Å². The number of carbonyl (C=O) groups excluding carboxylic acids is 1. The fourth-order valence-corrected chi connectivity index (χ4v) is 4.25. The number of benzene rings is 1. The number of carbonyl (C=O) groups is 1. The minimum Gasteiger partial charge on any atom is -0.379 e. The van der Waals surface area contributed by atoms with Gasteiger partial charge in [0, 0.05) is 68.2 Å². The first-order valence-corrected chi connectivity index (χ1v) is 11.6. The van der Waals surface area contributed by atoms with Crippen LogP contribution in [0.2, 0.25) is 5.02 Å². The van der Waals surface area contributed by atoms with E-state index in [-0.39, 0.29) is 11.9 Å². The Balaban J connectivity index is 1.46. The Kier molecular flexibility index (Phi) is 8.87. The van der Waals surface area contributed by atoms with Gasteiger partial charge in [-0.15, -0.1) is 0 Å². The zero-order valence-corrected chi connectivity index (χ0v) is 19.2. The average molecular weight is 452 g/mol. The van der Waals surface area contributed by atoms with Gasteiger partial charge in [-0.1, -0.05) is 23.7 Å². The van der Waals surface area contributed by atoms with E-state index in [1.807, 2.05) is 24.3 Å². The monoisotopic (exact) mass is 451 g/mol. The lowest BCUT2D eigenvalue weighted by atomic mass is 10.1. The van der Waals surface area contributed by atoms with Gasteiger partial charge in [0.1, 0.15) is 5.82 Å². The third kappa shape index (κ3) is 7.19. The Morgan fingerprint density at radius 3 is 2.73 bits per heavy atom. The zero-order valence-electron chi connectivity index (χ0n) is 17.6. The van der Waals surface area contributed by atoms with Crippen molar-refractivity contribution < 1.29 is 9.53 Å². The number of hydrogen-bond acceptors (Lipinski definition) is 7. The first-order chi connectivity index (χ1) is 14.5. The van der Waals surface area contributed by atoms with E-state index in [0.717, 1.165) is 54.4 Å². The number of amides is 1. The molecule has 0 atom stereocenters. The molecule has 1 amide bonds. The minimum absolute atomic E-state index is 0.0693. The van der Waals surface area contributed by atoms with E-state index in [1.165, 1.54) is 11.5 Å². The van der Waals surface area contributed by atoms with Crippen molar-refractivity contribution in [3.8, 4) is 0 Å². The summed E-state index contributed by atoms with van der Waals surface area (Å²) in [5.74, 6) is 0.859. The molecule has 164 valence electrons. The fourth-order valence-electron chi connectivity index (χ4n) is 3.28. The SMILES string of the molecule is CC(C)N(CCC(=O)NCCN1CCOCC1)c1nc(Cc2ccc(Cl)cc2)ns1. The van der Waals surface area contributed by atoms with Crippen molar-refractivity contribution >= 4 is 34.2 Å². The van der Waals surface area contributed by atoms with Crippen LogP contribution in [0.15, 0.2) is 24.3 Å². The summed E-state index contributed by atoms with van der Waals surface area (Å²) < 4.78 is 9.85. The second kappa shape index (κ2) is 11.6. The van der Waals surface area contributed by atoms with Gasteiger partial charge in [0.2, 0.25) is 11.0 Å². The molecule has 1 saturated heterocycles. The van der Waals surface area contributed by atoms with Crippen LogP contribution in [0.3, 0.4) is 0 Å². The summed E-state index contributed by atoms with van der Waals surface area (Å²) in [4.78, 5) is 21.5. The van der Waals surface area contributed by atoms with Crippen LogP contribution in [0, 0.1) is 0 Å². The molecule has 9 heteroatoms. The van der Waals surface area contributed by atoms with Gasteiger partial charge < -0.3 is 15.0 Å². The summed E-state index contributed by atoms with van der Waals surface area (Å²) in [6.07, 6.45) is 1.11. The third-order valence-corrected chi connectivity index (χ3v) is 6.08. The lowest BCUT2D eigenvalue weighted by Crippen LogP contribution is -2.42. The Labute approximate surface area is 187 Å². The molecule has 1 fully saturated rings. The zero-order chi connectivity index (χ0) is 21.3. The molecule has 0 radical (unpaired) electrons. The number of ether oxygens (including phenoxy) is 1. The van der Waals surface area contributed by atoms with Gasteiger partial charge in [-0.25, -0.2) is 4.98 Å². The highest BCUT2D eigenvalue weighted by Crippen LogP contribution is 2.22. The topological polar surface area (TPSA) is 70.6 Å². The molecular formula is C21H30ClN5O2S. The van der Waals surface area contributed by atoms with Crippen LogP contribution in [0.1, 0.15) is 31.7 Å². The van der Waals surface area contributed by atoms with E-state index in [4.69, 9.17) is 21.3 Å². The molecule has 0 spiro atoms. The summed E-state index contributed by atoms with van der Waals surface area (Å²) in [7, 11) is 0.